The summed E-state index contributed by atoms with van der Waals surface area (Å²) >= 11 is 0. The number of hydrogen-bond donors (Lipinski definition) is 4. The van der Waals surface area contributed by atoms with Crippen LogP contribution < -0.4 is 15.8 Å². The molecular weight excluding hydrogens is 280 g/mol. The van der Waals surface area contributed by atoms with Crippen molar-refractivity contribution >= 4 is 17.2 Å². The molecule has 5 N–H and O–H groups in total. The second-order valence-corrected chi connectivity index (χ2v) is 4.77. The van der Waals surface area contributed by atoms with Crippen molar-refractivity contribution in [2.45, 2.75) is 0 Å². The third kappa shape index (κ3) is 2.67. The predicted octanol–water partition coefficient (Wildman–Crippen LogP) is 3.12. The minimum absolute atomic E-state index is 0.0939. The SMILES string of the molecule is COc1cccc(O)c1Nc1cc(-c2ccc(N)cc2)[nH]n1. The molecule has 0 aliphatic heterocycles. The van der Waals surface area contributed by atoms with Gasteiger partial charge in [-0.1, -0.05) is 18.2 Å². The van der Waals surface area contributed by atoms with Gasteiger partial charge in [0, 0.05) is 11.8 Å². The van der Waals surface area contributed by atoms with Gasteiger partial charge in [-0.2, -0.15) is 5.10 Å². The molecule has 0 atom stereocenters. The molecule has 112 valence electrons. The van der Waals surface area contributed by atoms with Crippen molar-refractivity contribution in [3.05, 3.63) is 48.5 Å². The van der Waals surface area contributed by atoms with Crippen molar-refractivity contribution < 1.29 is 9.84 Å². The molecule has 2 aromatic carbocycles. The molecule has 6 nitrogen and oxygen atoms in total. The molecule has 1 heterocycles. The van der Waals surface area contributed by atoms with E-state index in [0.29, 0.717) is 22.9 Å². The lowest BCUT2D eigenvalue weighted by Gasteiger charge is -2.10. The van der Waals surface area contributed by atoms with E-state index in [1.807, 2.05) is 30.3 Å². The Labute approximate surface area is 127 Å². The van der Waals surface area contributed by atoms with Crippen LogP contribution in [0.5, 0.6) is 11.5 Å². The number of aromatic hydroxyl groups is 1. The van der Waals surface area contributed by atoms with Gasteiger partial charge in [0.05, 0.1) is 12.8 Å². The summed E-state index contributed by atoms with van der Waals surface area (Å²) in [5, 5.41) is 20.1. The quantitative estimate of drug-likeness (QED) is 0.438. The van der Waals surface area contributed by atoms with Gasteiger partial charge < -0.3 is 20.9 Å². The molecule has 0 radical (unpaired) electrons. The molecule has 0 fully saturated rings. The van der Waals surface area contributed by atoms with Crippen LogP contribution in [-0.2, 0) is 0 Å². The first-order valence-electron chi connectivity index (χ1n) is 6.71. The van der Waals surface area contributed by atoms with Crippen LogP contribution in [0.25, 0.3) is 11.3 Å². The summed E-state index contributed by atoms with van der Waals surface area (Å²) in [6.07, 6.45) is 0. The predicted molar refractivity (Wildman–Crippen MR) is 86.4 cm³/mol. The number of nitrogen functional groups attached to an aromatic ring is 1. The normalized spacial score (nSPS) is 10.4. The van der Waals surface area contributed by atoms with Crippen LogP contribution in [0.4, 0.5) is 17.2 Å². The Bertz CT molecular complexity index is 781. The number of para-hydroxylation sites is 1. The first-order valence-corrected chi connectivity index (χ1v) is 6.71. The zero-order valence-corrected chi connectivity index (χ0v) is 12.0. The monoisotopic (exact) mass is 296 g/mol. The number of nitrogens with zero attached hydrogens (tertiary/aromatic N) is 1. The lowest BCUT2D eigenvalue weighted by atomic mass is 10.1. The lowest BCUT2D eigenvalue weighted by molar-refractivity contribution is 0.411. The molecule has 22 heavy (non-hydrogen) atoms. The van der Waals surface area contributed by atoms with E-state index in [9.17, 15) is 5.11 Å². The molecule has 6 heteroatoms. The van der Waals surface area contributed by atoms with Crippen molar-refractivity contribution in [2.24, 2.45) is 0 Å². The van der Waals surface area contributed by atoms with Crippen molar-refractivity contribution in [1.82, 2.24) is 10.2 Å². The van der Waals surface area contributed by atoms with Gasteiger partial charge >= 0.3 is 0 Å². The standard InChI is InChI=1S/C16H16N4O2/c1-22-14-4-2-3-13(21)16(14)18-15-9-12(19-20-15)10-5-7-11(17)8-6-10/h2-9,21H,17H2,1H3,(H2,18,19,20). The van der Waals surface area contributed by atoms with Crippen LogP contribution in [0, 0.1) is 0 Å². The van der Waals surface area contributed by atoms with Gasteiger partial charge in [-0.05, 0) is 29.8 Å². The smallest absolute Gasteiger partial charge is 0.152 e. The van der Waals surface area contributed by atoms with Crippen LogP contribution in [0.2, 0.25) is 0 Å². The number of benzene rings is 2. The van der Waals surface area contributed by atoms with Gasteiger partial charge in [-0.15, -0.1) is 0 Å². The number of phenolic OH excluding ortho intramolecular Hbond substituents is 1. The van der Waals surface area contributed by atoms with Gasteiger partial charge in [-0.3, -0.25) is 5.10 Å². The number of H-pyrrole nitrogens is 1. The lowest BCUT2D eigenvalue weighted by Crippen LogP contribution is -1.95. The Morgan fingerprint density at radius 2 is 1.95 bits per heavy atom. The number of aromatic nitrogens is 2. The topological polar surface area (TPSA) is 96.2 Å². The van der Waals surface area contributed by atoms with E-state index < -0.39 is 0 Å². The van der Waals surface area contributed by atoms with Crippen LogP contribution in [0.1, 0.15) is 0 Å². The number of nitrogens with one attached hydrogen (secondary N) is 2. The molecule has 0 saturated carbocycles. The summed E-state index contributed by atoms with van der Waals surface area (Å²) in [7, 11) is 1.55. The molecule has 0 aliphatic carbocycles. The fourth-order valence-corrected chi connectivity index (χ4v) is 2.14. The Hall–Kier alpha value is -3.15. The minimum atomic E-state index is 0.0939. The number of anilines is 3. The van der Waals surface area contributed by atoms with E-state index in [4.69, 9.17) is 10.5 Å². The van der Waals surface area contributed by atoms with Crippen LogP contribution in [0.15, 0.2) is 48.5 Å². The molecule has 0 amide bonds. The molecular formula is C16H16N4O2. The molecule has 3 aromatic rings. The number of rotatable bonds is 4. The van der Waals surface area contributed by atoms with E-state index in [-0.39, 0.29) is 5.75 Å². The molecule has 0 saturated heterocycles. The fourth-order valence-electron chi connectivity index (χ4n) is 2.14. The van der Waals surface area contributed by atoms with Crippen molar-refractivity contribution in [2.75, 3.05) is 18.2 Å². The summed E-state index contributed by atoms with van der Waals surface area (Å²) in [4.78, 5) is 0. The Morgan fingerprint density at radius 3 is 2.68 bits per heavy atom. The highest BCUT2D eigenvalue weighted by molar-refractivity contribution is 5.73. The second kappa shape index (κ2) is 5.69. The minimum Gasteiger partial charge on any atom is -0.506 e. The zero-order chi connectivity index (χ0) is 15.5. The highest BCUT2D eigenvalue weighted by atomic mass is 16.5. The average Bonchev–Trinajstić information content (AvgIpc) is 2.98. The number of nitrogens with two attached hydrogens (primary N) is 1. The Morgan fingerprint density at radius 1 is 1.18 bits per heavy atom. The summed E-state index contributed by atoms with van der Waals surface area (Å²) < 4.78 is 5.23. The highest BCUT2D eigenvalue weighted by Crippen LogP contribution is 2.35. The maximum absolute atomic E-state index is 9.94. The zero-order valence-electron chi connectivity index (χ0n) is 12.0. The van der Waals surface area contributed by atoms with Crippen molar-refractivity contribution in [3.8, 4) is 22.8 Å². The Balaban J connectivity index is 1.88. The first kappa shape index (κ1) is 13.8. The summed E-state index contributed by atoms with van der Waals surface area (Å²) in [5.74, 6) is 1.21. The van der Waals surface area contributed by atoms with Crippen molar-refractivity contribution in [1.29, 1.82) is 0 Å². The van der Waals surface area contributed by atoms with E-state index in [0.717, 1.165) is 11.3 Å². The average molecular weight is 296 g/mol. The third-order valence-electron chi connectivity index (χ3n) is 3.28. The number of hydrogen-bond acceptors (Lipinski definition) is 5. The molecule has 0 spiro atoms. The van der Waals surface area contributed by atoms with Gasteiger partial charge in [0.15, 0.2) is 5.82 Å². The third-order valence-corrected chi connectivity index (χ3v) is 3.28. The fraction of sp³-hybridized carbons (Fsp3) is 0.0625. The van der Waals surface area contributed by atoms with Gasteiger partial charge in [0.25, 0.3) is 0 Å². The summed E-state index contributed by atoms with van der Waals surface area (Å²) in [6, 6.07) is 14.4. The van der Waals surface area contributed by atoms with E-state index >= 15 is 0 Å². The largest absolute Gasteiger partial charge is 0.506 e. The molecule has 0 unspecified atom stereocenters. The number of phenols is 1. The Kier molecular flexibility index (Phi) is 3.57. The van der Waals surface area contributed by atoms with Crippen LogP contribution in [-0.4, -0.2) is 22.4 Å². The van der Waals surface area contributed by atoms with Crippen LogP contribution >= 0.6 is 0 Å². The molecule has 1 aromatic heterocycles. The molecule has 3 rings (SSSR count). The van der Waals surface area contributed by atoms with Gasteiger partial charge in [-0.25, -0.2) is 0 Å². The van der Waals surface area contributed by atoms with E-state index in [2.05, 4.69) is 15.5 Å². The van der Waals surface area contributed by atoms with Crippen LogP contribution in [0.3, 0.4) is 0 Å². The number of methoxy groups -OCH3 is 1. The first-order chi connectivity index (χ1) is 10.7. The van der Waals surface area contributed by atoms with E-state index in [1.54, 1.807) is 25.3 Å². The molecule has 0 aliphatic rings. The summed E-state index contributed by atoms with van der Waals surface area (Å²) in [6.45, 7) is 0. The van der Waals surface area contributed by atoms with E-state index in [1.165, 1.54) is 0 Å². The maximum atomic E-state index is 9.94. The number of aromatic amines is 1. The highest BCUT2D eigenvalue weighted by Gasteiger charge is 2.11. The number of ether oxygens (including phenoxy) is 1. The second-order valence-electron chi connectivity index (χ2n) is 4.77. The molecule has 0 bridgehead atoms. The van der Waals surface area contributed by atoms with Gasteiger partial charge in [0.2, 0.25) is 0 Å². The maximum Gasteiger partial charge on any atom is 0.152 e. The van der Waals surface area contributed by atoms with Crippen molar-refractivity contribution in [3.63, 3.8) is 0 Å². The summed E-state index contributed by atoms with van der Waals surface area (Å²) in [5.41, 5.74) is 8.68. The van der Waals surface area contributed by atoms with Gasteiger partial charge in [0.1, 0.15) is 17.2 Å².